The lowest BCUT2D eigenvalue weighted by molar-refractivity contribution is -0.587. The van der Waals surface area contributed by atoms with Gasteiger partial charge in [0.15, 0.2) is 0 Å². The van der Waals surface area contributed by atoms with E-state index in [1.54, 1.807) is 19.9 Å². The van der Waals surface area contributed by atoms with Crippen molar-refractivity contribution in [3.05, 3.63) is 33.4 Å². The minimum absolute atomic E-state index is 0.0949. The van der Waals surface area contributed by atoms with Crippen molar-refractivity contribution in [1.29, 1.82) is 5.41 Å². The Morgan fingerprint density at radius 2 is 2.27 bits per heavy atom. The monoisotopic (exact) mass is 207 g/mol. The number of nitrogens with zero attached hydrogens (tertiary/aromatic N) is 1. The minimum atomic E-state index is -0.868. The maximum Gasteiger partial charge on any atom is 0.471 e. The van der Waals surface area contributed by atoms with Crippen molar-refractivity contribution in [2.75, 3.05) is 0 Å². The van der Waals surface area contributed by atoms with Crippen molar-refractivity contribution >= 4 is 11.6 Å². The normalized spacial score (nSPS) is 10.8. The lowest BCUT2D eigenvalue weighted by Crippen LogP contribution is -2.33. The summed E-state index contributed by atoms with van der Waals surface area (Å²) in [6.07, 6.45) is 0. The molecule has 0 atom stereocenters. The lowest BCUT2D eigenvalue weighted by Gasteiger charge is -2.06. The fourth-order valence-electron chi connectivity index (χ4n) is 1.60. The van der Waals surface area contributed by atoms with Crippen molar-refractivity contribution in [2.24, 2.45) is 0 Å². The molecule has 0 fully saturated rings. The van der Waals surface area contributed by atoms with Gasteiger partial charge in [-0.25, -0.2) is 4.79 Å². The average Bonchev–Trinajstić information content (AvgIpc) is 2.45. The number of hydrogen-bond donors (Lipinski definition) is 2. The SMILES string of the molecule is Cc1cc(C)[n+]2[nH]c(=O)oc2c1C(=N)[O-]. The largest absolute Gasteiger partial charge is 0.858 e. The van der Waals surface area contributed by atoms with E-state index < -0.39 is 11.7 Å². The van der Waals surface area contributed by atoms with Gasteiger partial charge in [-0.1, -0.05) is 5.10 Å². The van der Waals surface area contributed by atoms with E-state index in [0.29, 0.717) is 5.56 Å². The first-order chi connectivity index (χ1) is 7.00. The van der Waals surface area contributed by atoms with Crippen LogP contribution in [0.1, 0.15) is 16.8 Å². The quantitative estimate of drug-likeness (QED) is 0.357. The summed E-state index contributed by atoms with van der Waals surface area (Å²) >= 11 is 0. The number of H-pyrrole nitrogens is 1. The van der Waals surface area contributed by atoms with Gasteiger partial charge in [0, 0.05) is 13.0 Å². The topological polar surface area (TPSA) is 97.0 Å². The number of nitrogens with one attached hydrogen (secondary N) is 2. The van der Waals surface area contributed by atoms with Gasteiger partial charge < -0.3 is 14.9 Å². The summed E-state index contributed by atoms with van der Waals surface area (Å²) in [4.78, 5) is 11.0. The highest BCUT2D eigenvalue weighted by Crippen LogP contribution is 2.11. The van der Waals surface area contributed by atoms with Crippen LogP contribution in [0.25, 0.3) is 5.71 Å². The third-order valence-corrected chi connectivity index (χ3v) is 2.21. The first-order valence-electron chi connectivity index (χ1n) is 4.31. The summed E-state index contributed by atoms with van der Waals surface area (Å²) in [6.45, 7) is 3.46. The van der Waals surface area contributed by atoms with Gasteiger partial charge in [0.2, 0.25) is 5.69 Å². The summed E-state index contributed by atoms with van der Waals surface area (Å²) in [5.74, 6) is -1.51. The Morgan fingerprint density at radius 1 is 1.60 bits per heavy atom. The molecule has 0 spiro atoms. The smallest absolute Gasteiger partial charge is 0.471 e. The van der Waals surface area contributed by atoms with Gasteiger partial charge in [-0.2, -0.15) is 0 Å². The second kappa shape index (κ2) is 2.94. The van der Waals surface area contributed by atoms with E-state index in [1.165, 1.54) is 4.52 Å². The second-order valence-electron chi connectivity index (χ2n) is 3.31. The molecule has 2 aromatic heterocycles. The van der Waals surface area contributed by atoms with E-state index in [-0.39, 0.29) is 11.3 Å². The zero-order valence-corrected chi connectivity index (χ0v) is 8.25. The molecule has 2 N–H and O–H groups in total. The number of pyridine rings is 1. The molecule has 0 radical (unpaired) electrons. The molecule has 0 aliphatic carbocycles. The lowest BCUT2D eigenvalue weighted by atomic mass is 10.1. The Bertz CT molecular complexity index is 609. The molecular formula is C9H9N3O3. The molecule has 0 aromatic carbocycles. The number of rotatable bonds is 1. The van der Waals surface area contributed by atoms with Crippen LogP contribution >= 0.6 is 0 Å². The first kappa shape index (κ1) is 9.45. The van der Waals surface area contributed by atoms with E-state index in [4.69, 9.17) is 9.83 Å². The molecule has 0 unspecified atom stereocenters. The van der Waals surface area contributed by atoms with Gasteiger partial charge in [0.05, 0.1) is 0 Å². The highest BCUT2D eigenvalue weighted by molar-refractivity contribution is 5.94. The molecule has 6 nitrogen and oxygen atoms in total. The number of aromatic nitrogens is 2. The van der Waals surface area contributed by atoms with Crippen molar-refractivity contribution in [1.82, 2.24) is 5.10 Å². The van der Waals surface area contributed by atoms with Crippen LogP contribution in [0.4, 0.5) is 0 Å². The zero-order valence-electron chi connectivity index (χ0n) is 8.25. The molecule has 0 saturated carbocycles. The molecule has 2 heterocycles. The number of aromatic amines is 1. The molecule has 0 saturated heterocycles. The Kier molecular flexibility index (Phi) is 1.85. The Hall–Kier alpha value is -2.11. The van der Waals surface area contributed by atoms with Crippen LogP contribution in [0, 0.1) is 19.3 Å². The molecular weight excluding hydrogens is 198 g/mol. The minimum Gasteiger partial charge on any atom is -0.858 e. The van der Waals surface area contributed by atoms with E-state index in [2.05, 4.69) is 5.10 Å². The van der Waals surface area contributed by atoms with Crippen LogP contribution in [0.15, 0.2) is 15.3 Å². The fraction of sp³-hybridized carbons (Fsp3) is 0.222. The van der Waals surface area contributed by atoms with E-state index in [1.807, 2.05) is 0 Å². The first-order valence-corrected chi connectivity index (χ1v) is 4.31. The van der Waals surface area contributed by atoms with Crippen molar-refractivity contribution in [2.45, 2.75) is 13.8 Å². The summed E-state index contributed by atoms with van der Waals surface area (Å²) in [5, 5.41) is 20.6. The predicted molar refractivity (Wildman–Crippen MR) is 48.8 cm³/mol. The standard InChI is InChI=1S/C9H9N3O3/c1-4-3-5(2)12-8(6(4)7(10)13)15-9(14)11-12/h3H,1-2H3,(H2-,10,11,13,14). The van der Waals surface area contributed by atoms with Crippen LogP contribution in [0.3, 0.4) is 0 Å². The zero-order chi connectivity index (χ0) is 11.2. The van der Waals surface area contributed by atoms with Crippen LogP contribution in [-0.4, -0.2) is 11.0 Å². The highest BCUT2D eigenvalue weighted by Gasteiger charge is 2.20. The summed E-state index contributed by atoms with van der Waals surface area (Å²) in [6, 6.07) is 1.71. The maximum absolute atomic E-state index is 11.1. The Morgan fingerprint density at radius 3 is 2.87 bits per heavy atom. The molecule has 2 aromatic rings. The average molecular weight is 207 g/mol. The maximum atomic E-state index is 11.1. The van der Waals surface area contributed by atoms with Gasteiger partial charge in [-0.05, 0) is 22.9 Å². The molecule has 78 valence electrons. The summed E-state index contributed by atoms with van der Waals surface area (Å²) < 4.78 is 6.19. The van der Waals surface area contributed by atoms with E-state index in [9.17, 15) is 9.90 Å². The van der Waals surface area contributed by atoms with E-state index >= 15 is 0 Å². The van der Waals surface area contributed by atoms with Crippen LogP contribution in [-0.2, 0) is 0 Å². The molecule has 0 aliphatic heterocycles. The third-order valence-electron chi connectivity index (χ3n) is 2.21. The number of aryl methyl sites for hydroxylation is 2. The molecule has 2 rings (SSSR count). The second-order valence-corrected chi connectivity index (χ2v) is 3.31. The predicted octanol–water partition coefficient (Wildman–Crippen LogP) is -0.991. The van der Waals surface area contributed by atoms with Gasteiger partial charge in [-0.3, -0.25) is 0 Å². The van der Waals surface area contributed by atoms with Gasteiger partial charge in [-0.15, -0.1) is 0 Å². The Labute approximate surface area is 84.3 Å². The Balaban J connectivity index is 3.01. The van der Waals surface area contributed by atoms with E-state index in [0.717, 1.165) is 5.69 Å². The molecule has 15 heavy (non-hydrogen) atoms. The summed E-state index contributed by atoms with van der Waals surface area (Å²) in [5.41, 5.74) is 1.56. The molecule has 0 aliphatic rings. The van der Waals surface area contributed by atoms with Crippen LogP contribution in [0.5, 0.6) is 0 Å². The van der Waals surface area contributed by atoms with Gasteiger partial charge >= 0.3 is 11.5 Å². The van der Waals surface area contributed by atoms with Crippen molar-refractivity contribution < 1.29 is 14.0 Å². The van der Waals surface area contributed by atoms with Crippen LogP contribution in [0.2, 0.25) is 0 Å². The highest BCUT2D eigenvalue weighted by atomic mass is 16.4. The van der Waals surface area contributed by atoms with Crippen molar-refractivity contribution in [3.63, 3.8) is 0 Å². The summed E-state index contributed by atoms with van der Waals surface area (Å²) in [7, 11) is 0. The molecule has 0 bridgehead atoms. The number of hydrogen-bond acceptors (Lipinski definition) is 4. The van der Waals surface area contributed by atoms with Gasteiger partial charge in [0.25, 0.3) is 0 Å². The van der Waals surface area contributed by atoms with Gasteiger partial charge in [0.1, 0.15) is 5.56 Å². The number of fused-ring (bicyclic) bond motifs is 1. The molecule has 0 amide bonds. The fourth-order valence-corrected chi connectivity index (χ4v) is 1.60. The third kappa shape index (κ3) is 1.30. The van der Waals surface area contributed by atoms with Crippen LogP contribution < -0.4 is 15.4 Å². The molecule has 6 heteroatoms. The van der Waals surface area contributed by atoms with Crippen molar-refractivity contribution in [3.8, 4) is 0 Å².